The average Bonchev–Trinajstić information content (AvgIpc) is 2.96. The van der Waals surface area contributed by atoms with Crippen LogP contribution in [0.5, 0.6) is 0 Å². The molecule has 23 heavy (non-hydrogen) atoms. The second-order valence-electron chi connectivity index (χ2n) is 5.10. The minimum absolute atomic E-state index is 0.168. The van der Waals surface area contributed by atoms with E-state index in [1.54, 1.807) is 12.3 Å². The van der Waals surface area contributed by atoms with Crippen LogP contribution in [0.15, 0.2) is 24.8 Å². The molecule has 2 N–H and O–H groups in total. The summed E-state index contributed by atoms with van der Waals surface area (Å²) >= 11 is 0. The summed E-state index contributed by atoms with van der Waals surface area (Å²) in [5.74, 6) is 2.34. The van der Waals surface area contributed by atoms with E-state index in [2.05, 4.69) is 25.0 Å². The van der Waals surface area contributed by atoms with E-state index in [0.717, 1.165) is 12.2 Å². The number of imidazole rings is 1. The second kappa shape index (κ2) is 8.02. The Morgan fingerprint density at radius 2 is 2.04 bits per heavy atom. The van der Waals surface area contributed by atoms with Crippen LogP contribution < -0.4 is 10.0 Å². The van der Waals surface area contributed by atoms with Gasteiger partial charge in [0, 0.05) is 31.5 Å². The van der Waals surface area contributed by atoms with Gasteiger partial charge in [0.2, 0.25) is 10.0 Å². The van der Waals surface area contributed by atoms with Crippen molar-refractivity contribution < 1.29 is 8.42 Å². The summed E-state index contributed by atoms with van der Waals surface area (Å²) in [5.41, 5.74) is 0. The highest BCUT2D eigenvalue weighted by Gasteiger charge is 2.08. The van der Waals surface area contributed by atoms with E-state index < -0.39 is 10.0 Å². The fourth-order valence-electron chi connectivity index (χ4n) is 2.00. The van der Waals surface area contributed by atoms with Crippen molar-refractivity contribution in [3.8, 4) is 5.82 Å². The zero-order chi connectivity index (χ0) is 16.7. The molecular formula is C14H22N6O2S. The van der Waals surface area contributed by atoms with Crippen LogP contribution >= 0.6 is 0 Å². The third-order valence-electron chi connectivity index (χ3n) is 3.24. The molecule has 0 saturated heterocycles. The number of nitrogens with zero attached hydrogens (tertiary/aromatic N) is 4. The second-order valence-corrected chi connectivity index (χ2v) is 7.03. The monoisotopic (exact) mass is 338 g/mol. The largest absolute Gasteiger partial charge is 0.369 e. The van der Waals surface area contributed by atoms with Crippen LogP contribution in [0.1, 0.15) is 25.6 Å². The van der Waals surface area contributed by atoms with Crippen molar-refractivity contribution in [2.75, 3.05) is 24.2 Å². The van der Waals surface area contributed by atoms with Crippen LogP contribution in [0.4, 0.5) is 5.82 Å². The van der Waals surface area contributed by atoms with Crippen molar-refractivity contribution in [1.29, 1.82) is 0 Å². The van der Waals surface area contributed by atoms with E-state index in [1.807, 2.05) is 24.6 Å². The van der Waals surface area contributed by atoms with E-state index in [1.165, 1.54) is 6.33 Å². The summed E-state index contributed by atoms with van der Waals surface area (Å²) in [5, 5.41) is 3.08. The van der Waals surface area contributed by atoms with E-state index >= 15 is 0 Å². The fourth-order valence-corrected chi connectivity index (χ4v) is 3.23. The smallest absolute Gasteiger partial charge is 0.211 e. The lowest BCUT2D eigenvalue weighted by molar-refractivity contribution is 0.579. The molecule has 126 valence electrons. The number of anilines is 1. The summed E-state index contributed by atoms with van der Waals surface area (Å²) in [4.78, 5) is 12.5. The van der Waals surface area contributed by atoms with Gasteiger partial charge in [-0.2, -0.15) is 0 Å². The minimum atomic E-state index is -3.18. The van der Waals surface area contributed by atoms with Crippen LogP contribution in [-0.4, -0.2) is 46.8 Å². The van der Waals surface area contributed by atoms with Crippen molar-refractivity contribution in [3.05, 3.63) is 30.6 Å². The Balaban J connectivity index is 1.86. The number of nitrogens with one attached hydrogen (secondary N) is 2. The Labute approximate surface area is 136 Å². The maximum absolute atomic E-state index is 11.7. The number of unbranched alkanes of at least 4 members (excludes halogenated alkanes) is 1. The van der Waals surface area contributed by atoms with Crippen LogP contribution in [0.25, 0.3) is 5.82 Å². The van der Waals surface area contributed by atoms with Crippen molar-refractivity contribution in [3.63, 3.8) is 0 Å². The molecule has 9 heteroatoms. The van der Waals surface area contributed by atoms with Gasteiger partial charge in [0.05, 0.1) is 5.75 Å². The first-order valence-electron chi connectivity index (χ1n) is 7.55. The van der Waals surface area contributed by atoms with E-state index in [0.29, 0.717) is 31.1 Å². The molecule has 0 fully saturated rings. The Bertz CT molecular complexity index is 728. The topological polar surface area (TPSA) is 102 Å². The van der Waals surface area contributed by atoms with Gasteiger partial charge in [0.1, 0.15) is 23.8 Å². The lowest BCUT2D eigenvalue weighted by Gasteiger charge is -2.09. The summed E-state index contributed by atoms with van der Waals surface area (Å²) < 4.78 is 27.8. The highest BCUT2D eigenvalue weighted by molar-refractivity contribution is 7.89. The summed E-state index contributed by atoms with van der Waals surface area (Å²) in [6.07, 6.45) is 6.51. The molecule has 0 aromatic carbocycles. The van der Waals surface area contributed by atoms with E-state index in [9.17, 15) is 8.42 Å². The van der Waals surface area contributed by atoms with Crippen molar-refractivity contribution in [1.82, 2.24) is 24.2 Å². The normalized spacial score (nSPS) is 11.6. The molecule has 0 atom stereocenters. The van der Waals surface area contributed by atoms with Crippen molar-refractivity contribution >= 4 is 15.8 Å². The first-order valence-corrected chi connectivity index (χ1v) is 9.20. The molecular weight excluding hydrogens is 316 g/mol. The molecule has 0 amide bonds. The molecule has 2 heterocycles. The summed E-state index contributed by atoms with van der Waals surface area (Å²) in [7, 11) is -3.18. The highest BCUT2D eigenvalue weighted by Crippen LogP contribution is 2.10. The molecule has 2 aromatic heterocycles. The van der Waals surface area contributed by atoms with Gasteiger partial charge in [-0.05, 0) is 13.3 Å². The van der Waals surface area contributed by atoms with Gasteiger partial charge in [-0.3, -0.25) is 4.57 Å². The van der Waals surface area contributed by atoms with Gasteiger partial charge < -0.3 is 5.32 Å². The quantitative estimate of drug-likeness (QED) is 0.664. The van der Waals surface area contributed by atoms with Gasteiger partial charge in [0.15, 0.2) is 0 Å². The third-order valence-corrected chi connectivity index (χ3v) is 4.72. The van der Waals surface area contributed by atoms with Gasteiger partial charge in [-0.15, -0.1) is 0 Å². The van der Waals surface area contributed by atoms with E-state index in [4.69, 9.17) is 0 Å². The molecule has 2 aromatic rings. The maximum Gasteiger partial charge on any atom is 0.211 e. The number of rotatable bonds is 9. The maximum atomic E-state index is 11.7. The van der Waals surface area contributed by atoms with Crippen LogP contribution in [0, 0.1) is 6.92 Å². The molecule has 0 aliphatic carbocycles. The highest BCUT2D eigenvalue weighted by atomic mass is 32.2. The predicted molar refractivity (Wildman–Crippen MR) is 89.1 cm³/mol. The average molecular weight is 338 g/mol. The first-order chi connectivity index (χ1) is 11.0. The zero-order valence-electron chi connectivity index (χ0n) is 13.4. The zero-order valence-corrected chi connectivity index (χ0v) is 14.2. The van der Waals surface area contributed by atoms with Gasteiger partial charge >= 0.3 is 0 Å². The van der Waals surface area contributed by atoms with Gasteiger partial charge in [0.25, 0.3) is 0 Å². The molecule has 0 bridgehead atoms. The third kappa shape index (κ3) is 5.29. The van der Waals surface area contributed by atoms with Gasteiger partial charge in [-0.25, -0.2) is 28.1 Å². The Morgan fingerprint density at radius 1 is 1.22 bits per heavy atom. The number of hydrogen-bond donors (Lipinski definition) is 2. The molecule has 2 rings (SSSR count). The minimum Gasteiger partial charge on any atom is -0.369 e. The molecule has 0 aliphatic heterocycles. The molecule has 0 spiro atoms. The summed E-state index contributed by atoms with van der Waals surface area (Å²) in [6, 6.07) is 1.79. The van der Waals surface area contributed by atoms with Crippen molar-refractivity contribution in [2.45, 2.75) is 26.7 Å². The first kappa shape index (κ1) is 17.4. The van der Waals surface area contributed by atoms with Crippen molar-refractivity contribution in [2.24, 2.45) is 0 Å². The molecule has 0 aliphatic rings. The van der Waals surface area contributed by atoms with Crippen LogP contribution in [0.2, 0.25) is 0 Å². The van der Waals surface area contributed by atoms with E-state index in [-0.39, 0.29) is 5.75 Å². The Morgan fingerprint density at radius 3 is 2.74 bits per heavy atom. The fraction of sp³-hybridized carbons (Fsp3) is 0.500. The lowest BCUT2D eigenvalue weighted by Crippen LogP contribution is -2.31. The molecule has 0 unspecified atom stereocenters. The molecule has 0 saturated carbocycles. The van der Waals surface area contributed by atoms with Crippen LogP contribution in [-0.2, 0) is 10.0 Å². The lowest BCUT2D eigenvalue weighted by atomic mass is 10.4. The van der Waals surface area contributed by atoms with Gasteiger partial charge in [-0.1, -0.05) is 13.3 Å². The number of hydrogen-bond acceptors (Lipinski definition) is 6. The summed E-state index contributed by atoms with van der Waals surface area (Å²) in [6.45, 7) is 4.62. The Kier molecular flexibility index (Phi) is 6.05. The SMILES string of the molecule is CCCCS(=O)(=O)NCCNc1cc(-n2ccnc2C)ncn1. The molecule has 8 nitrogen and oxygen atoms in total. The molecule has 0 radical (unpaired) electrons. The predicted octanol–water partition coefficient (Wildman–Crippen LogP) is 1.10. The standard InChI is InChI=1S/C14H22N6O2S/c1-3-4-9-23(21,22)19-6-5-16-13-10-14(18-11-17-13)20-8-7-15-12(20)2/h7-8,10-11,19H,3-6,9H2,1-2H3,(H,16,17,18). The Hall–Kier alpha value is -2.00. The number of sulfonamides is 1. The number of aromatic nitrogens is 4. The number of aryl methyl sites for hydroxylation is 1. The van der Waals surface area contributed by atoms with Crippen LogP contribution in [0.3, 0.4) is 0 Å².